The predicted molar refractivity (Wildman–Crippen MR) is 57.4 cm³/mol. The van der Waals surface area contributed by atoms with Crippen LogP contribution in [0.5, 0.6) is 5.75 Å². The molecule has 2 nitrogen and oxygen atoms in total. The number of rotatable bonds is 3. The number of hydrogen-bond donors (Lipinski definition) is 1. The van der Waals surface area contributed by atoms with E-state index in [1.54, 1.807) is 12.1 Å². The Labute approximate surface area is 89.7 Å². The molecule has 0 heterocycles. The molecule has 2 N–H and O–H groups in total. The van der Waals surface area contributed by atoms with E-state index in [-0.39, 0.29) is 30.0 Å². The van der Waals surface area contributed by atoms with E-state index in [0.29, 0.717) is 0 Å². The molecule has 1 unspecified atom stereocenters. The molecule has 4 heteroatoms. The van der Waals surface area contributed by atoms with E-state index < -0.39 is 0 Å². The zero-order chi connectivity index (χ0) is 9.84. The molecule has 0 radical (unpaired) electrons. The van der Waals surface area contributed by atoms with E-state index in [4.69, 9.17) is 10.5 Å². The van der Waals surface area contributed by atoms with Crippen LogP contribution in [0.1, 0.15) is 24.9 Å². The summed E-state index contributed by atoms with van der Waals surface area (Å²) in [5, 5.41) is 0. The van der Waals surface area contributed by atoms with Crippen molar-refractivity contribution < 1.29 is 9.13 Å². The molecule has 1 atom stereocenters. The van der Waals surface area contributed by atoms with Gasteiger partial charge < -0.3 is 10.5 Å². The molecular weight excluding hydrogens is 205 g/mol. The van der Waals surface area contributed by atoms with Gasteiger partial charge in [-0.3, -0.25) is 0 Å². The maximum absolute atomic E-state index is 13.2. The maximum atomic E-state index is 13.2. The first-order valence-electron chi connectivity index (χ1n) is 4.28. The summed E-state index contributed by atoms with van der Waals surface area (Å²) in [6.45, 7) is 1.97. The van der Waals surface area contributed by atoms with Gasteiger partial charge in [0.25, 0.3) is 0 Å². The van der Waals surface area contributed by atoms with Crippen molar-refractivity contribution in [2.45, 2.75) is 19.4 Å². The van der Waals surface area contributed by atoms with E-state index in [9.17, 15) is 4.39 Å². The molecule has 1 rings (SSSR count). The highest BCUT2D eigenvalue weighted by molar-refractivity contribution is 5.85. The Bertz CT molecular complexity index is 293. The molecule has 0 fully saturated rings. The lowest BCUT2D eigenvalue weighted by Crippen LogP contribution is -2.08. The molecule has 0 bridgehead atoms. The molecule has 0 aliphatic carbocycles. The Balaban J connectivity index is 0.00000169. The summed E-state index contributed by atoms with van der Waals surface area (Å²) in [6.07, 6.45) is 0.797. The van der Waals surface area contributed by atoms with Crippen LogP contribution in [0.15, 0.2) is 18.2 Å². The van der Waals surface area contributed by atoms with Crippen LogP contribution in [0.2, 0.25) is 0 Å². The fourth-order valence-corrected chi connectivity index (χ4v) is 1.15. The van der Waals surface area contributed by atoms with Gasteiger partial charge in [-0.2, -0.15) is 0 Å². The van der Waals surface area contributed by atoms with Gasteiger partial charge in [0, 0.05) is 6.04 Å². The number of nitrogens with two attached hydrogens (primary N) is 1. The second-order valence-electron chi connectivity index (χ2n) is 2.91. The quantitative estimate of drug-likeness (QED) is 0.849. The van der Waals surface area contributed by atoms with Crippen LogP contribution >= 0.6 is 12.4 Å². The van der Waals surface area contributed by atoms with Gasteiger partial charge in [0.2, 0.25) is 0 Å². The van der Waals surface area contributed by atoms with Crippen molar-refractivity contribution in [2.24, 2.45) is 5.73 Å². The Morgan fingerprint density at radius 2 is 2.14 bits per heavy atom. The van der Waals surface area contributed by atoms with Crippen molar-refractivity contribution in [3.05, 3.63) is 29.6 Å². The second-order valence-corrected chi connectivity index (χ2v) is 2.91. The van der Waals surface area contributed by atoms with Crippen LogP contribution in [0.25, 0.3) is 0 Å². The van der Waals surface area contributed by atoms with Crippen molar-refractivity contribution in [3.63, 3.8) is 0 Å². The van der Waals surface area contributed by atoms with Gasteiger partial charge in [-0.05, 0) is 24.1 Å². The van der Waals surface area contributed by atoms with Gasteiger partial charge >= 0.3 is 0 Å². The minimum Gasteiger partial charge on any atom is -0.494 e. The molecule has 0 spiro atoms. The van der Waals surface area contributed by atoms with Crippen molar-refractivity contribution in [2.75, 3.05) is 7.11 Å². The fourth-order valence-electron chi connectivity index (χ4n) is 1.15. The summed E-state index contributed by atoms with van der Waals surface area (Å²) in [4.78, 5) is 0. The Morgan fingerprint density at radius 3 is 2.57 bits per heavy atom. The van der Waals surface area contributed by atoms with Gasteiger partial charge in [0.1, 0.15) is 0 Å². The van der Waals surface area contributed by atoms with E-state index in [1.165, 1.54) is 13.2 Å². The van der Waals surface area contributed by atoms with Crippen LogP contribution < -0.4 is 10.5 Å². The molecule has 0 amide bonds. The zero-order valence-corrected chi connectivity index (χ0v) is 9.10. The lowest BCUT2D eigenvalue weighted by Gasteiger charge is -2.10. The normalized spacial score (nSPS) is 11.7. The van der Waals surface area contributed by atoms with Crippen molar-refractivity contribution >= 4 is 12.4 Å². The average Bonchev–Trinajstić information content (AvgIpc) is 2.16. The highest BCUT2D eigenvalue weighted by Gasteiger charge is 2.07. The first-order chi connectivity index (χ1) is 6.19. The standard InChI is InChI=1S/C10H14FNO.ClH/c1-3-9(12)7-4-5-10(13-2)8(11)6-7;/h4-6,9H,3,12H2,1-2H3;1H. The summed E-state index contributed by atoms with van der Waals surface area (Å²) in [5.74, 6) is -0.101. The smallest absolute Gasteiger partial charge is 0.165 e. The van der Waals surface area contributed by atoms with Crippen LogP contribution in [0, 0.1) is 5.82 Å². The summed E-state index contributed by atoms with van der Waals surface area (Å²) >= 11 is 0. The highest BCUT2D eigenvalue weighted by atomic mass is 35.5. The molecule has 0 saturated heterocycles. The third-order valence-electron chi connectivity index (χ3n) is 2.04. The molecule has 0 aliphatic heterocycles. The van der Waals surface area contributed by atoms with E-state index in [1.807, 2.05) is 6.92 Å². The first-order valence-corrected chi connectivity index (χ1v) is 4.28. The van der Waals surface area contributed by atoms with Crippen molar-refractivity contribution in [1.29, 1.82) is 0 Å². The third kappa shape index (κ3) is 2.86. The predicted octanol–water partition coefficient (Wildman–Crippen LogP) is 2.67. The van der Waals surface area contributed by atoms with Crippen LogP contribution in [0.3, 0.4) is 0 Å². The van der Waals surface area contributed by atoms with E-state index in [2.05, 4.69) is 0 Å². The minimum absolute atomic E-state index is 0. The van der Waals surface area contributed by atoms with Crippen LogP contribution in [0.4, 0.5) is 4.39 Å². The van der Waals surface area contributed by atoms with Gasteiger partial charge in [-0.25, -0.2) is 4.39 Å². The summed E-state index contributed by atoms with van der Waals surface area (Å²) < 4.78 is 18.0. The number of methoxy groups -OCH3 is 1. The number of halogens is 2. The van der Waals surface area contributed by atoms with Crippen molar-refractivity contribution in [3.8, 4) is 5.75 Å². The summed E-state index contributed by atoms with van der Waals surface area (Å²) in [5.41, 5.74) is 6.55. The second kappa shape index (κ2) is 5.83. The molecule has 0 aliphatic rings. The molecule has 0 aromatic heterocycles. The Kier molecular flexibility index (Phi) is 5.50. The third-order valence-corrected chi connectivity index (χ3v) is 2.04. The SMILES string of the molecule is CCC(N)c1ccc(OC)c(F)c1.Cl. The summed E-state index contributed by atoms with van der Waals surface area (Å²) in [6, 6.07) is 4.71. The first kappa shape index (κ1) is 13.2. The number of ether oxygens (including phenoxy) is 1. The maximum Gasteiger partial charge on any atom is 0.165 e. The Hall–Kier alpha value is -0.800. The number of hydrogen-bond acceptors (Lipinski definition) is 2. The zero-order valence-electron chi connectivity index (χ0n) is 8.29. The molecular formula is C10H15ClFNO. The van der Waals surface area contributed by atoms with Gasteiger partial charge in [-0.1, -0.05) is 13.0 Å². The molecule has 80 valence electrons. The summed E-state index contributed by atoms with van der Waals surface area (Å²) in [7, 11) is 1.44. The average molecular weight is 220 g/mol. The van der Waals surface area contributed by atoms with Gasteiger partial charge in [-0.15, -0.1) is 12.4 Å². The largest absolute Gasteiger partial charge is 0.494 e. The minimum atomic E-state index is -0.357. The molecule has 0 saturated carbocycles. The fraction of sp³-hybridized carbons (Fsp3) is 0.400. The lowest BCUT2D eigenvalue weighted by atomic mass is 10.1. The molecule has 14 heavy (non-hydrogen) atoms. The molecule has 1 aromatic carbocycles. The van der Waals surface area contributed by atoms with Crippen LogP contribution in [-0.4, -0.2) is 7.11 Å². The van der Waals surface area contributed by atoms with Gasteiger partial charge in [0.15, 0.2) is 11.6 Å². The van der Waals surface area contributed by atoms with E-state index >= 15 is 0 Å². The van der Waals surface area contributed by atoms with E-state index in [0.717, 1.165) is 12.0 Å². The molecule has 1 aromatic rings. The van der Waals surface area contributed by atoms with Gasteiger partial charge in [0.05, 0.1) is 7.11 Å². The monoisotopic (exact) mass is 219 g/mol. The topological polar surface area (TPSA) is 35.2 Å². The lowest BCUT2D eigenvalue weighted by molar-refractivity contribution is 0.386. The van der Waals surface area contributed by atoms with Crippen LogP contribution in [-0.2, 0) is 0 Å². The number of benzene rings is 1. The highest BCUT2D eigenvalue weighted by Crippen LogP contribution is 2.21. The van der Waals surface area contributed by atoms with Crippen molar-refractivity contribution in [1.82, 2.24) is 0 Å². The Morgan fingerprint density at radius 1 is 1.50 bits per heavy atom.